The number of hydrogen-bond donors (Lipinski definition) is 7. The minimum Gasteiger partial charge on any atom is -0.394 e. The fraction of sp³-hybridized carbons (Fsp3) is 0.923. The first kappa shape index (κ1) is 21.5. The summed E-state index contributed by atoms with van der Waals surface area (Å²) < 4.78 is 15.1. The summed E-state index contributed by atoms with van der Waals surface area (Å²) in [6.45, 7) is -0.570. The molecule has 0 aromatic heterocycles. The highest BCUT2D eigenvalue weighted by Gasteiger charge is 2.52. The van der Waals surface area contributed by atoms with Gasteiger partial charge in [0.15, 0.2) is 0 Å². The zero-order valence-electron chi connectivity index (χ0n) is 13.1. The maximum absolute atomic E-state index is 11.6. The van der Waals surface area contributed by atoms with Gasteiger partial charge in [-0.2, -0.15) is 12.6 Å². The van der Waals surface area contributed by atoms with Crippen molar-refractivity contribution in [1.29, 1.82) is 0 Å². The molecule has 0 spiro atoms. The van der Waals surface area contributed by atoms with E-state index >= 15 is 0 Å². The van der Waals surface area contributed by atoms with Gasteiger partial charge < -0.3 is 45.1 Å². The van der Waals surface area contributed by atoms with Crippen molar-refractivity contribution in [3.63, 3.8) is 0 Å². The molecule has 11 heteroatoms. The molecule has 0 aromatic carbocycles. The summed E-state index contributed by atoms with van der Waals surface area (Å²) in [7, 11) is 0. The standard InChI is InChI=1S/C13H25NO9S/c15-5-8-10(17)11(18)12(19)13(20,23-8)7-14-9(16)6-22-2-1-21-3-4-24/h8,10-12,15,17-20,24H,1-7H2,(H,14,16)/t8-,10+,11+,12-,13?/m1/s1. The summed E-state index contributed by atoms with van der Waals surface area (Å²) in [5.74, 6) is -2.36. The van der Waals surface area contributed by atoms with E-state index in [0.717, 1.165) is 0 Å². The number of thiol groups is 1. The number of aliphatic hydroxyl groups is 5. The van der Waals surface area contributed by atoms with Gasteiger partial charge in [-0.3, -0.25) is 4.79 Å². The second-order valence-electron chi connectivity index (χ2n) is 5.28. The first-order chi connectivity index (χ1) is 11.4. The fourth-order valence-corrected chi connectivity index (χ4v) is 2.22. The predicted molar refractivity (Wildman–Crippen MR) is 83.4 cm³/mol. The molecular weight excluding hydrogens is 346 g/mol. The van der Waals surface area contributed by atoms with Crippen LogP contribution >= 0.6 is 12.6 Å². The number of carbonyl (C=O) groups is 1. The number of hydrogen-bond acceptors (Lipinski definition) is 10. The smallest absolute Gasteiger partial charge is 0.246 e. The molecule has 142 valence electrons. The second kappa shape index (κ2) is 10.5. The minimum atomic E-state index is -2.35. The minimum absolute atomic E-state index is 0.197. The van der Waals surface area contributed by atoms with Crippen LogP contribution in [0.25, 0.3) is 0 Å². The van der Waals surface area contributed by atoms with Crippen molar-refractivity contribution in [2.24, 2.45) is 0 Å². The molecule has 0 radical (unpaired) electrons. The molecule has 1 aliphatic rings. The van der Waals surface area contributed by atoms with Crippen LogP contribution in [0.3, 0.4) is 0 Å². The quantitative estimate of drug-likeness (QED) is 0.151. The molecule has 1 unspecified atom stereocenters. The predicted octanol–water partition coefficient (Wildman–Crippen LogP) is -3.77. The van der Waals surface area contributed by atoms with Crippen LogP contribution < -0.4 is 5.32 Å². The lowest BCUT2D eigenvalue weighted by Crippen LogP contribution is -2.68. The monoisotopic (exact) mass is 371 g/mol. The molecule has 6 N–H and O–H groups in total. The number of ether oxygens (including phenoxy) is 3. The summed E-state index contributed by atoms with van der Waals surface area (Å²) in [4.78, 5) is 11.6. The lowest BCUT2D eigenvalue weighted by Gasteiger charge is -2.45. The van der Waals surface area contributed by atoms with Crippen molar-refractivity contribution < 1.29 is 44.5 Å². The zero-order valence-corrected chi connectivity index (χ0v) is 14.0. The van der Waals surface area contributed by atoms with Gasteiger partial charge in [0.25, 0.3) is 0 Å². The Bertz CT molecular complexity index is 386. The van der Waals surface area contributed by atoms with E-state index in [9.17, 15) is 25.2 Å². The van der Waals surface area contributed by atoms with E-state index in [1.165, 1.54) is 0 Å². The lowest BCUT2D eigenvalue weighted by molar-refractivity contribution is -0.345. The number of rotatable bonds is 10. The van der Waals surface area contributed by atoms with Crippen LogP contribution in [-0.2, 0) is 19.0 Å². The maximum Gasteiger partial charge on any atom is 0.246 e. The normalized spacial score (nSPS) is 33.4. The van der Waals surface area contributed by atoms with Gasteiger partial charge in [-0.15, -0.1) is 0 Å². The number of aliphatic hydroxyl groups excluding tert-OH is 4. The zero-order chi connectivity index (χ0) is 18.2. The van der Waals surface area contributed by atoms with Gasteiger partial charge in [0.2, 0.25) is 11.7 Å². The van der Waals surface area contributed by atoms with Crippen LogP contribution in [0, 0.1) is 0 Å². The van der Waals surface area contributed by atoms with Crippen molar-refractivity contribution in [3.8, 4) is 0 Å². The third-order valence-electron chi connectivity index (χ3n) is 3.43. The SMILES string of the molecule is O=C(COCCOCCS)NCC1(O)O[C@H](CO)[C@H](O)[C@H](O)[C@H]1O. The lowest BCUT2D eigenvalue weighted by atomic mass is 9.92. The highest BCUT2D eigenvalue weighted by atomic mass is 32.1. The number of amides is 1. The van der Waals surface area contributed by atoms with Gasteiger partial charge in [0, 0.05) is 5.75 Å². The molecule has 0 bridgehead atoms. The summed E-state index contributed by atoms with van der Waals surface area (Å²) in [5.41, 5.74) is 0. The van der Waals surface area contributed by atoms with Crippen molar-refractivity contribution in [1.82, 2.24) is 5.32 Å². The topological polar surface area (TPSA) is 158 Å². The maximum atomic E-state index is 11.6. The van der Waals surface area contributed by atoms with E-state index in [0.29, 0.717) is 19.0 Å². The highest BCUT2D eigenvalue weighted by Crippen LogP contribution is 2.27. The third-order valence-corrected chi connectivity index (χ3v) is 3.61. The molecule has 1 rings (SSSR count). The second-order valence-corrected chi connectivity index (χ2v) is 5.72. The van der Waals surface area contributed by atoms with E-state index in [4.69, 9.17) is 19.3 Å². The number of carbonyl (C=O) groups excluding carboxylic acids is 1. The van der Waals surface area contributed by atoms with E-state index in [2.05, 4.69) is 17.9 Å². The average molecular weight is 371 g/mol. The first-order valence-corrected chi connectivity index (χ1v) is 8.07. The Morgan fingerprint density at radius 2 is 1.83 bits per heavy atom. The largest absolute Gasteiger partial charge is 0.394 e. The average Bonchev–Trinajstić information content (AvgIpc) is 2.58. The fourth-order valence-electron chi connectivity index (χ4n) is 2.09. The van der Waals surface area contributed by atoms with E-state index in [-0.39, 0.29) is 13.2 Å². The Kier molecular flexibility index (Phi) is 9.41. The Labute approximate surface area is 144 Å². The summed E-state index contributed by atoms with van der Waals surface area (Å²) in [6.07, 6.45) is -6.48. The summed E-state index contributed by atoms with van der Waals surface area (Å²) >= 11 is 3.96. The van der Waals surface area contributed by atoms with Crippen LogP contribution in [0.5, 0.6) is 0 Å². The van der Waals surface area contributed by atoms with Crippen molar-refractivity contribution in [2.75, 3.05) is 45.3 Å². The van der Waals surface area contributed by atoms with Gasteiger partial charge in [-0.1, -0.05) is 0 Å². The Morgan fingerprint density at radius 3 is 2.46 bits per heavy atom. The summed E-state index contributed by atoms with van der Waals surface area (Å²) in [6, 6.07) is 0. The van der Waals surface area contributed by atoms with Crippen LogP contribution in [0.1, 0.15) is 0 Å². The Morgan fingerprint density at radius 1 is 1.17 bits per heavy atom. The van der Waals surface area contributed by atoms with E-state index < -0.39 is 49.3 Å². The third kappa shape index (κ3) is 6.10. The molecule has 0 aliphatic carbocycles. The molecule has 1 aliphatic heterocycles. The van der Waals surface area contributed by atoms with Gasteiger partial charge in [0.1, 0.15) is 31.0 Å². The highest BCUT2D eigenvalue weighted by molar-refractivity contribution is 7.80. The van der Waals surface area contributed by atoms with Crippen LogP contribution in [0.2, 0.25) is 0 Å². The van der Waals surface area contributed by atoms with E-state index in [1.54, 1.807) is 0 Å². The van der Waals surface area contributed by atoms with Crippen LogP contribution in [0.15, 0.2) is 0 Å². The van der Waals surface area contributed by atoms with Gasteiger partial charge in [-0.05, 0) is 0 Å². The molecule has 1 heterocycles. The van der Waals surface area contributed by atoms with Crippen molar-refractivity contribution >= 4 is 18.5 Å². The van der Waals surface area contributed by atoms with Crippen molar-refractivity contribution in [2.45, 2.75) is 30.2 Å². The van der Waals surface area contributed by atoms with Gasteiger partial charge >= 0.3 is 0 Å². The molecule has 1 fully saturated rings. The van der Waals surface area contributed by atoms with Gasteiger partial charge in [0.05, 0.1) is 33.0 Å². The molecule has 5 atom stereocenters. The number of nitrogens with one attached hydrogen (secondary N) is 1. The first-order valence-electron chi connectivity index (χ1n) is 7.44. The summed E-state index contributed by atoms with van der Waals surface area (Å²) in [5, 5.41) is 50.7. The molecular formula is C13H25NO9S. The van der Waals surface area contributed by atoms with Crippen LogP contribution in [0.4, 0.5) is 0 Å². The molecule has 0 aromatic rings. The molecule has 24 heavy (non-hydrogen) atoms. The molecule has 0 saturated carbocycles. The molecule has 10 nitrogen and oxygen atoms in total. The Balaban J connectivity index is 2.37. The van der Waals surface area contributed by atoms with Crippen LogP contribution in [-0.4, -0.2) is 107 Å². The molecule has 1 saturated heterocycles. The molecule has 1 amide bonds. The van der Waals surface area contributed by atoms with E-state index in [1.807, 2.05) is 0 Å². The van der Waals surface area contributed by atoms with Gasteiger partial charge in [-0.25, -0.2) is 0 Å². The van der Waals surface area contributed by atoms with Crippen molar-refractivity contribution in [3.05, 3.63) is 0 Å². The Hall–Kier alpha value is -0.500.